The van der Waals surface area contributed by atoms with E-state index in [4.69, 9.17) is 5.73 Å². The molecule has 2 aromatic rings. The second-order valence-corrected chi connectivity index (χ2v) is 4.77. The van der Waals surface area contributed by atoms with Crippen molar-refractivity contribution < 1.29 is 0 Å². The Bertz CT molecular complexity index is 501. The van der Waals surface area contributed by atoms with Gasteiger partial charge in [-0.2, -0.15) is 0 Å². The topological polar surface area (TPSA) is 47.1 Å². The van der Waals surface area contributed by atoms with E-state index in [0.717, 1.165) is 24.0 Å². The first-order chi connectivity index (χ1) is 8.09. The lowest BCUT2D eigenvalue weighted by molar-refractivity contribution is 0.362. The molecule has 4 heteroatoms. The van der Waals surface area contributed by atoms with Crippen molar-refractivity contribution in [3.05, 3.63) is 24.3 Å². The Labute approximate surface area is 102 Å². The van der Waals surface area contributed by atoms with Gasteiger partial charge in [0.15, 0.2) is 0 Å². The number of aromatic nitrogens is 2. The first-order valence-electron chi connectivity index (χ1n) is 5.96. The number of para-hydroxylation sites is 2. The smallest absolute Gasteiger partial charge is 0.201 e. The van der Waals surface area contributed by atoms with E-state index in [1.165, 1.54) is 0 Å². The molecule has 0 spiro atoms. The molecule has 0 fully saturated rings. The fraction of sp³-hybridized carbons (Fsp3) is 0.462. The van der Waals surface area contributed by atoms with Gasteiger partial charge in [0.2, 0.25) is 5.95 Å². The van der Waals surface area contributed by atoms with Crippen LogP contribution in [0.2, 0.25) is 0 Å². The van der Waals surface area contributed by atoms with Crippen LogP contribution >= 0.6 is 0 Å². The summed E-state index contributed by atoms with van der Waals surface area (Å²) < 4.78 is 2.12. The average molecular weight is 232 g/mol. The SMILES string of the molecule is CC(CCN(C)C)n1c(N)nc2ccccc21. The third kappa shape index (κ3) is 2.42. The van der Waals surface area contributed by atoms with Crippen LogP contribution in [0.3, 0.4) is 0 Å². The van der Waals surface area contributed by atoms with E-state index < -0.39 is 0 Å². The van der Waals surface area contributed by atoms with E-state index in [0.29, 0.717) is 12.0 Å². The Hall–Kier alpha value is -1.55. The summed E-state index contributed by atoms with van der Waals surface area (Å²) in [6.07, 6.45) is 1.07. The molecule has 0 radical (unpaired) electrons. The van der Waals surface area contributed by atoms with Gasteiger partial charge in [-0.05, 0) is 46.1 Å². The van der Waals surface area contributed by atoms with E-state index in [-0.39, 0.29) is 0 Å². The van der Waals surface area contributed by atoms with Gasteiger partial charge in [0, 0.05) is 6.04 Å². The Morgan fingerprint density at radius 1 is 1.35 bits per heavy atom. The van der Waals surface area contributed by atoms with Crippen molar-refractivity contribution in [1.29, 1.82) is 0 Å². The molecule has 0 aliphatic carbocycles. The molecule has 92 valence electrons. The average Bonchev–Trinajstić information content (AvgIpc) is 2.61. The highest BCUT2D eigenvalue weighted by atomic mass is 15.2. The molecule has 1 aromatic carbocycles. The van der Waals surface area contributed by atoms with Gasteiger partial charge in [-0.1, -0.05) is 12.1 Å². The van der Waals surface area contributed by atoms with Crippen molar-refractivity contribution in [3.8, 4) is 0 Å². The van der Waals surface area contributed by atoms with Gasteiger partial charge in [0.1, 0.15) is 0 Å². The summed E-state index contributed by atoms with van der Waals surface area (Å²) in [7, 11) is 4.17. The summed E-state index contributed by atoms with van der Waals surface area (Å²) in [5, 5.41) is 0. The lowest BCUT2D eigenvalue weighted by atomic mass is 10.2. The highest BCUT2D eigenvalue weighted by Crippen LogP contribution is 2.24. The summed E-state index contributed by atoms with van der Waals surface area (Å²) >= 11 is 0. The lowest BCUT2D eigenvalue weighted by Gasteiger charge is -2.18. The van der Waals surface area contributed by atoms with Crippen molar-refractivity contribution in [1.82, 2.24) is 14.5 Å². The minimum Gasteiger partial charge on any atom is -0.369 e. The fourth-order valence-electron chi connectivity index (χ4n) is 2.10. The standard InChI is InChI=1S/C13H20N4/c1-10(8-9-16(2)3)17-12-7-5-4-6-11(12)15-13(17)14/h4-7,10H,8-9H2,1-3H3,(H2,14,15). The van der Waals surface area contributed by atoms with E-state index >= 15 is 0 Å². The normalized spacial score (nSPS) is 13.4. The summed E-state index contributed by atoms with van der Waals surface area (Å²) in [4.78, 5) is 6.57. The van der Waals surface area contributed by atoms with E-state index in [9.17, 15) is 0 Å². The molecule has 1 unspecified atom stereocenters. The molecule has 1 heterocycles. The summed E-state index contributed by atoms with van der Waals surface area (Å²) in [6.45, 7) is 3.24. The van der Waals surface area contributed by atoms with E-state index in [1.807, 2.05) is 18.2 Å². The van der Waals surface area contributed by atoms with Gasteiger partial charge >= 0.3 is 0 Å². The first-order valence-corrected chi connectivity index (χ1v) is 5.96. The van der Waals surface area contributed by atoms with Crippen molar-refractivity contribution >= 4 is 17.0 Å². The summed E-state index contributed by atoms with van der Waals surface area (Å²) in [5.41, 5.74) is 8.09. The molecule has 0 bridgehead atoms. The molecular formula is C13H20N4. The summed E-state index contributed by atoms with van der Waals surface area (Å²) in [5.74, 6) is 0.609. The van der Waals surface area contributed by atoms with E-state index in [1.54, 1.807) is 0 Å². The van der Waals surface area contributed by atoms with Crippen LogP contribution in [-0.2, 0) is 0 Å². The maximum atomic E-state index is 6.00. The number of nitrogen functional groups attached to an aromatic ring is 1. The molecule has 2 rings (SSSR count). The Balaban J connectivity index is 2.30. The molecule has 0 saturated heterocycles. The van der Waals surface area contributed by atoms with Gasteiger partial charge in [0.25, 0.3) is 0 Å². The number of hydrogen-bond acceptors (Lipinski definition) is 3. The molecule has 0 saturated carbocycles. The van der Waals surface area contributed by atoms with Crippen LogP contribution in [0, 0.1) is 0 Å². The highest BCUT2D eigenvalue weighted by molar-refractivity contribution is 5.78. The van der Waals surface area contributed by atoms with Crippen LogP contribution in [0.1, 0.15) is 19.4 Å². The van der Waals surface area contributed by atoms with Crippen LogP contribution in [0.5, 0.6) is 0 Å². The number of nitrogens with zero attached hydrogens (tertiary/aromatic N) is 3. The number of hydrogen-bond donors (Lipinski definition) is 1. The zero-order valence-electron chi connectivity index (χ0n) is 10.7. The summed E-state index contributed by atoms with van der Waals surface area (Å²) in [6, 6.07) is 8.46. The molecular weight excluding hydrogens is 212 g/mol. The first kappa shape index (κ1) is 11.9. The van der Waals surface area contributed by atoms with Crippen molar-refractivity contribution in [2.45, 2.75) is 19.4 Å². The Kier molecular flexibility index (Phi) is 3.33. The van der Waals surface area contributed by atoms with Gasteiger partial charge in [-0.3, -0.25) is 0 Å². The van der Waals surface area contributed by atoms with Gasteiger partial charge in [-0.15, -0.1) is 0 Å². The number of nitrogens with two attached hydrogens (primary N) is 1. The van der Waals surface area contributed by atoms with Crippen LogP contribution in [0.15, 0.2) is 24.3 Å². The maximum absolute atomic E-state index is 6.00. The maximum Gasteiger partial charge on any atom is 0.201 e. The quantitative estimate of drug-likeness (QED) is 0.878. The van der Waals surface area contributed by atoms with Crippen LogP contribution in [0.4, 0.5) is 5.95 Å². The highest BCUT2D eigenvalue weighted by Gasteiger charge is 2.13. The molecule has 0 aliphatic heterocycles. The van der Waals surface area contributed by atoms with Crippen LogP contribution in [-0.4, -0.2) is 35.1 Å². The van der Waals surface area contributed by atoms with Crippen molar-refractivity contribution in [2.75, 3.05) is 26.4 Å². The largest absolute Gasteiger partial charge is 0.369 e. The predicted octanol–water partition coefficient (Wildman–Crippen LogP) is 2.13. The zero-order valence-corrected chi connectivity index (χ0v) is 10.7. The van der Waals surface area contributed by atoms with Crippen molar-refractivity contribution in [2.24, 2.45) is 0 Å². The minimum atomic E-state index is 0.366. The number of imidazole rings is 1. The van der Waals surface area contributed by atoms with Crippen LogP contribution in [0.25, 0.3) is 11.0 Å². The third-order valence-electron chi connectivity index (χ3n) is 3.06. The minimum absolute atomic E-state index is 0.366. The van der Waals surface area contributed by atoms with Gasteiger partial charge < -0.3 is 15.2 Å². The zero-order chi connectivity index (χ0) is 12.4. The predicted molar refractivity (Wildman–Crippen MR) is 72.0 cm³/mol. The molecule has 1 aromatic heterocycles. The Morgan fingerprint density at radius 2 is 2.06 bits per heavy atom. The second kappa shape index (κ2) is 4.75. The van der Waals surface area contributed by atoms with Gasteiger partial charge in [0.05, 0.1) is 11.0 Å². The number of fused-ring (bicyclic) bond motifs is 1. The third-order valence-corrected chi connectivity index (χ3v) is 3.06. The van der Waals surface area contributed by atoms with Gasteiger partial charge in [-0.25, -0.2) is 4.98 Å². The molecule has 2 N–H and O–H groups in total. The molecule has 0 amide bonds. The lowest BCUT2D eigenvalue weighted by Crippen LogP contribution is -2.18. The van der Waals surface area contributed by atoms with Crippen LogP contribution < -0.4 is 5.73 Å². The Morgan fingerprint density at radius 3 is 2.76 bits per heavy atom. The number of rotatable bonds is 4. The number of benzene rings is 1. The van der Waals surface area contributed by atoms with Crippen molar-refractivity contribution in [3.63, 3.8) is 0 Å². The molecule has 1 atom stereocenters. The molecule has 0 aliphatic rings. The van der Waals surface area contributed by atoms with E-state index in [2.05, 4.69) is 41.5 Å². The monoisotopic (exact) mass is 232 g/mol. The number of anilines is 1. The second-order valence-electron chi connectivity index (χ2n) is 4.77. The molecule has 4 nitrogen and oxygen atoms in total. The molecule has 17 heavy (non-hydrogen) atoms. The fourth-order valence-corrected chi connectivity index (χ4v) is 2.10.